The molecule has 2 heterocycles. The fourth-order valence-corrected chi connectivity index (χ4v) is 2.83. The second-order valence-electron chi connectivity index (χ2n) is 4.45. The third-order valence-corrected chi connectivity index (χ3v) is 4.19. The average Bonchev–Trinajstić information content (AvgIpc) is 3.09. The Morgan fingerprint density at radius 1 is 1.37 bits per heavy atom. The van der Waals surface area contributed by atoms with E-state index < -0.39 is 0 Å². The second-order valence-corrected chi connectivity index (χ2v) is 5.40. The normalized spacial score (nSPS) is 11.3. The van der Waals surface area contributed by atoms with Crippen molar-refractivity contribution in [2.75, 3.05) is 26.2 Å². The van der Waals surface area contributed by atoms with Crippen molar-refractivity contribution in [3.05, 3.63) is 29.3 Å². The zero-order chi connectivity index (χ0) is 13.5. The predicted octanol–water partition coefficient (Wildman–Crippen LogP) is 2.57. The Morgan fingerprint density at radius 3 is 2.89 bits per heavy atom. The van der Waals surface area contributed by atoms with Crippen molar-refractivity contribution in [2.24, 2.45) is 0 Å². The minimum absolute atomic E-state index is 0.866. The first-order valence-corrected chi connectivity index (χ1v) is 7.72. The van der Waals surface area contributed by atoms with Gasteiger partial charge in [0.2, 0.25) is 0 Å². The topological polar surface area (TPSA) is 44.0 Å². The van der Waals surface area contributed by atoms with Crippen LogP contribution in [0.25, 0.3) is 10.6 Å². The van der Waals surface area contributed by atoms with Crippen LogP contribution in [0.1, 0.15) is 19.4 Å². The summed E-state index contributed by atoms with van der Waals surface area (Å²) in [6, 6.07) is 4.19. The van der Waals surface area contributed by atoms with Crippen molar-refractivity contribution in [1.29, 1.82) is 0 Å². The van der Waals surface area contributed by atoms with Gasteiger partial charge in [-0.15, -0.1) is 11.3 Å². The molecule has 0 aliphatic rings. The maximum atomic E-state index is 4.16. The number of rotatable bonds is 8. The molecule has 0 unspecified atom stereocenters. The summed E-state index contributed by atoms with van der Waals surface area (Å²) in [5, 5.41) is 12.8. The summed E-state index contributed by atoms with van der Waals surface area (Å²) in [6.45, 7) is 9.61. The van der Waals surface area contributed by atoms with E-state index in [9.17, 15) is 0 Å². The molecule has 0 aliphatic carbocycles. The largest absolute Gasteiger partial charge is 0.311 e. The van der Waals surface area contributed by atoms with Gasteiger partial charge in [-0.3, -0.25) is 5.10 Å². The summed E-state index contributed by atoms with van der Waals surface area (Å²) in [4.78, 5) is 3.67. The van der Waals surface area contributed by atoms with E-state index in [1.807, 2.05) is 6.20 Å². The number of nitrogens with one attached hydrogen (secondary N) is 2. The molecule has 0 fully saturated rings. The van der Waals surface area contributed by atoms with Crippen LogP contribution in [0, 0.1) is 0 Å². The lowest BCUT2D eigenvalue weighted by molar-refractivity contribution is 0.302. The first kappa shape index (κ1) is 14.2. The number of nitrogens with zero attached hydrogens (tertiary/aromatic N) is 2. The first-order valence-electron chi connectivity index (χ1n) is 6.84. The van der Waals surface area contributed by atoms with Gasteiger partial charge < -0.3 is 10.2 Å². The Balaban J connectivity index is 1.82. The molecular weight excluding hydrogens is 256 g/mol. The van der Waals surface area contributed by atoms with Crippen molar-refractivity contribution in [3.63, 3.8) is 0 Å². The molecule has 2 aromatic rings. The number of aromatic nitrogens is 2. The minimum Gasteiger partial charge on any atom is -0.311 e. The zero-order valence-corrected chi connectivity index (χ0v) is 12.5. The molecule has 0 radical (unpaired) electrons. The SMILES string of the molecule is CCN(CC)CCNCc1cn[nH]c1-c1cccs1. The number of likely N-dealkylation sites (N-methyl/N-ethyl adjacent to an activating group) is 1. The summed E-state index contributed by atoms with van der Waals surface area (Å²) >= 11 is 1.74. The van der Waals surface area contributed by atoms with Gasteiger partial charge in [0.05, 0.1) is 16.8 Å². The highest BCUT2D eigenvalue weighted by Gasteiger charge is 2.08. The molecule has 0 bridgehead atoms. The van der Waals surface area contributed by atoms with Crippen LogP contribution >= 0.6 is 11.3 Å². The Kier molecular flexibility index (Phi) is 5.57. The fraction of sp³-hybridized carbons (Fsp3) is 0.500. The van der Waals surface area contributed by atoms with Gasteiger partial charge in [0.25, 0.3) is 0 Å². The quantitative estimate of drug-likeness (QED) is 0.729. The molecule has 0 atom stereocenters. The van der Waals surface area contributed by atoms with E-state index in [2.05, 4.69) is 51.8 Å². The van der Waals surface area contributed by atoms with Crippen molar-refractivity contribution < 1.29 is 0 Å². The van der Waals surface area contributed by atoms with Crippen LogP contribution in [0.5, 0.6) is 0 Å². The molecule has 104 valence electrons. The van der Waals surface area contributed by atoms with Crippen LogP contribution in [0.3, 0.4) is 0 Å². The van der Waals surface area contributed by atoms with Crippen molar-refractivity contribution in [1.82, 2.24) is 20.4 Å². The number of thiophene rings is 1. The number of aromatic amines is 1. The molecule has 0 aromatic carbocycles. The van der Waals surface area contributed by atoms with E-state index in [-0.39, 0.29) is 0 Å². The summed E-state index contributed by atoms with van der Waals surface area (Å²) in [7, 11) is 0. The van der Waals surface area contributed by atoms with Gasteiger partial charge in [0, 0.05) is 25.2 Å². The van der Waals surface area contributed by atoms with Crippen LogP contribution in [-0.4, -0.2) is 41.3 Å². The smallest absolute Gasteiger partial charge is 0.0794 e. The lowest BCUT2D eigenvalue weighted by Crippen LogP contribution is -2.31. The van der Waals surface area contributed by atoms with Gasteiger partial charge in [-0.05, 0) is 24.5 Å². The van der Waals surface area contributed by atoms with Crippen molar-refractivity contribution >= 4 is 11.3 Å². The highest BCUT2D eigenvalue weighted by atomic mass is 32.1. The first-order chi connectivity index (χ1) is 9.35. The van der Waals surface area contributed by atoms with Gasteiger partial charge in [-0.2, -0.15) is 5.10 Å². The Morgan fingerprint density at radius 2 is 2.21 bits per heavy atom. The van der Waals surface area contributed by atoms with Crippen LogP contribution < -0.4 is 5.32 Å². The van der Waals surface area contributed by atoms with Gasteiger partial charge in [-0.1, -0.05) is 19.9 Å². The summed E-state index contributed by atoms with van der Waals surface area (Å²) in [6.07, 6.45) is 1.92. The highest BCUT2D eigenvalue weighted by molar-refractivity contribution is 7.13. The zero-order valence-electron chi connectivity index (χ0n) is 11.6. The Hall–Kier alpha value is -1.17. The molecule has 2 rings (SSSR count). The van der Waals surface area contributed by atoms with Crippen molar-refractivity contribution in [3.8, 4) is 10.6 Å². The van der Waals surface area contributed by atoms with Crippen LogP contribution in [-0.2, 0) is 6.54 Å². The van der Waals surface area contributed by atoms with Gasteiger partial charge >= 0.3 is 0 Å². The molecule has 0 saturated heterocycles. The van der Waals surface area contributed by atoms with Gasteiger partial charge in [-0.25, -0.2) is 0 Å². The van der Waals surface area contributed by atoms with Crippen LogP contribution in [0.15, 0.2) is 23.7 Å². The Labute approximate surface area is 118 Å². The van der Waals surface area contributed by atoms with E-state index in [4.69, 9.17) is 0 Å². The predicted molar refractivity (Wildman–Crippen MR) is 81.4 cm³/mol. The van der Waals surface area contributed by atoms with E-state index in [1.165, 1.54) is 10.4 Å². The minimum atomic E-state index is 0.866. The molecule has 0 amide bonds. The number of hydrogen-bond acceptors (Lipinski definition) is 4. The lowest BCUT2D eigenvalue weighted by atomic mass is 10.2. The van der Waals surface area contributed by atoms with Crippen LogP contribution in [0.4, 0.5) is 0 Å². The van der Waals surface area contributed by atoms with Gasteiger partial charge in [0.15, 0.2) is 0 Å². The highest BCUT2D eigenvalue weighted by Crippen LogP contribution is 2.25. The fourth-order valence-electron chi connectivity index (χ4n) is 2.08. The molecule has 0 aliphatic heterocycles. The van der Waals surface area contributed by atoms with E-state index in [0.717, 1.165) is 38.4 Å². The molecule has 2 aromatic heterocycles. The van der Waals surface area contributed by atoms with Gasteiger partial charge in [0.1, 0.15) is 0 Å². The third-order valence-electron chi connectivity index (χ3n) is 3.30. The van der Waals surface area contributed by atoms with E-state index >= 15 is 0 Å². The van der Waals surface area contributed by atoms with Crippen LogP contribution in [0.2, 0.25) is 0 Å². The second kappa shape index (κ2) is 7.43. The molecule has 19 heavy (non-hydrogen) atoms. The summed E-state index contributed by atoms with van der Waals surface area (Å²) < 4.78 is 0. The molecule has 0 saturated carbocycles. The molecular formula is C14H22N4S. The average molecular weight is 278 g/mol. The summed E-state index contributed by atoms with van der Waals surface area (Å²) in [5.41, 5.74) is 2.38. The molecule has 2 N–H and O–H groups in total. The van der Waals surface area contributed by atoms with Crippen molar-refractivity contribution in [2.45, 2.75) is 20.4 Å². The molecule has 4 nitrogen and oxygen atoms in total. The number of H-pyrrole nitrogens is 1. The van der Waals surface area contributed by atoms with E-state index in [1.54, 1.807) is 11.3 Å². The Bertz CT molecular complexity index is 460. The molecule has 0 spiro atoms. The third kappa shape index (κ3) is 3.89. The lowest BCUT2D eigenvalue weighted by Gasteiger charge is -2.17. The maximum absolute atomic E-state index is 4.16. The maximum Gasteiger partial charge on any atom is 0.0794 e. The monoisotopic (exact) mass is 278 g/mol. The standard InChI is InChI=1S/C14H22N4S/c1-3-18(4-2)8-7-15-10-12-11-16-17-14(12)13-6-5-9-19-13/h5-6,9,11,15H,3-4,7-8,10H2,1-2H3,(H,16,17). The molecule has 5 heteroatoms. The number of hydrogen-bond donors (Lipinski definition) is 2. The summed E-state index contributed by atoms with van der Waals surface area (Å²) in [5.74, 6) is 0. The van der Waals surface area contributed by atoms with E-state index in [0.29, 0.717) is 0 Å².